The molecule has 1 aromatic carbocycles. The second-order valence-electron chi connectivity index (χ2n) is 6.14. The summed E-state index contributed by atoms with van der Waals surface area (Å²) >= 11 is 3.45. The van der Waals surface area contributed by atoms with Crippen molar-refractivity contribution >= 4 is 34.2 Å². The normalized spacial score (nSPS) is 20.5. The summed E-state index contributed by atoms with van der Waals surface area (Å²) in [6, 6.07) is 9.71. The van der Waals surface area contributed by atoms with Gasteiger partial charge in [0.25, 0.3) is 5.91 Å². The molecule has 0 aliphatic carbocycles. The van der Waals surface area contributed by atoms with E-state index in [9.17, 15) is 4.79 Å². The summed E-state index contributed by atoms with van der Waals surface area (Å²) in [6.45, 7) is 3.47. The fraction of sp³-hybridized carbons (Fsp3) is 0.412. The molecule has 5 nitrogen and oxygen atoms in total. The number of piperidine rings is 1. The summed E-state index contributed by atoms with van der Waals surface area (Å²) in [6.07, 6.45) is 3.81. The number of halogens is 2. The highest BCUT2D eigenvalue weighted by Gasteiger charge is 2.30. The topological polar surface area (TPSA) is 64.2 Å². The number of carbonyl (C=O) groups is 1. The molecule has 1 aliphatic rings. The lowest BCUT2D eigenvalue weighted by Crippen LogP contribution is -2.49. The monoisotopic (exact) mass is 412 g/mol. The van der Waals surface area contributed by atoms with Crippen LogP contribution in [-0.2, 0) is 0 Å². The number of likely N-dealkylation sites (tertiary alicyclic amines) is 1. The van der Waals surface area contributed by atoms with Gasteiger partial charge >= 0.3 is 0 Å². The zero-order valence-corrected chi connectivity index (χ0v) is 16.0. The minimum Gasteiger partial charge on any atom is -0.333 e. The Bertz CT molecular complexity index is 705. The minimum absolute atomic E-state index is 0. The molecule has 1 amide bonds. The SMILES string of the molecule is CC1CCN(C(=O)c2ccn(-c3cccc(Br)c3)n2)C(CN)C1.Cl. The lowest BCUT2D eigenvalue weighted by atomic mass is 9.92. The van der Waals surface area contributed by atoms with Gasteiger partial charge in [0.05, 0.1) is 5.69 Å². The van der Waals surface area contributed by atoms with Gasteiger partial charge in [-0.3, -0.25) is 4.79 Å². The molecule has 3 rings (SSSR count). The number of hydrogen-bond donors (Lipinski definition) is 1. The number of rotatable bonds is 3. The molecule has 2 atom stereocenters. The lowest BCUT2D eigenvalue weighted by molar-refractivity contribution is 0.0567. The molecule has 1 aliphatic heterocycles. The third-order valence-corrected chi connectivity index (χ3v) is 4.89. The molecule has 0 spiro atoms. The Labute approximate surface area is 156 Å². The van der Waals surface area contributed by atoms with Crippen LogP contribution in [0, 0.1) is 5.92 Å². The number of carbonyl (C=O) groups excluding carboxylic acids is 1. The van der Waals surface area contributed by atoms with Crippen molar-refractivity contribution in [3.05, 3.63) is 46.7 Å². The molecule has 2 heterocycles. The van der Waals surface area contributed by atoms with E-state index in [2.05, 4.69) is 28.0 Å². The summed E-state index contributed by atoms with van der Waals surface area (Å²) < 4.78 is 2.70. The first kappa shape index (κ1) is 19.0. The van der Waals surface area contributed by atoms with E-state index in [1.54, 1.807) is 10.7 Å². The molecule has 130 valence electrons. The van der Waals surface area contributed by atoms with Crippen molar-refractivity contribution in [1.29, 1.82) is 0 Å². The van der Waals surface area contributed by atoms with E-state index in [0.717, 1.165) is 29.5 Å². The Kier molecular flexibility index (Phi) is 6.43. The van der Waals surface area contributed by atoms with Crippen LogP contribution in [0.2, 0.25) is 0 Å². The summed E-state index contributed by atoms with van der Waals surface area (Å²) in [7, 11) is 0. The molecule has 0 radical (unpaired) electrons. The number of benzene rings is 1. The van der Waals surface area contributed by atoms with Crippen LogP contribution in [0.4, 0.5) is 0 Å². The molecule has 1 fully saturated rings. The van der Waals surface area contributed by atoms with Crippen molar-refractivity contribution in [1.82, 2.24) is 14.7 Å². The van der Waals surface area contributed by atoms with Crippen LogP contribution >= 0.6 is 28.3 Å². The van der Waals surface area contributed by atoms with E-state index in [0.29, 0.717) is 18.2 Å². The zero-order valence-electron chi connectivity index (χ0n) is 13.6. The van der Waals surface area contributed by atoms with E-state index in [4.69, 9.17) is 5.73 Å². The molecule has 1 saturated heterocycles. The van der Waals surface area contributed by atoms with Crippen LogP contribution in [-0.4, -0.2) is 39.7 Å². The predicted molar refractivity (Wildman–Crippen MR) is 101 cm³/mol. The van der Waals surface area contributed by atoms with E-state index in [-0.39, 0.29) is 24.4 Å². The highest BCUT2D eigenvalue weighted by molar-refractivity contribution is 9.10. The minimum atomic E-state index is -0.0268. The average Bonchev–Trinajstić information content (AvgIpc) is 3.04. The molecule has 0 saturated carbocycles. The van der Waals surface area contributed by atoms with Crippen molar-refractivity contribution in [2.45, 2.75) is 25.8 Å². The number of nitrogens with zero attached hydrogens (tertiary/aromatic N) is 3. The third kappa shape index (κ3) is 3.99. The molecule has 2 aromatic rings. The molecule has 1 aromatic heterocycles. The first-order valence-corrected chi connectivity index (χ1v) is 8.70. The second-order valence-corrected chi connectivity index (χ2v) is 7.06. The largest absolute Gasteiger partial charge is 0.333 e. The first-order chi connectivity index (χ1) is 11.1. The highest BCUT2D eigenvalue weighted by atomic mass is 79.9. The van der Waals surface area contributed by atoms with Crippen molar-refractivity contribution in [3.8, 4) is 5.69 Å². The van der Waals surface area contributed by atoms with Gasteiger partial charge in [-0.2, -0.15) is 5.10 Å². The molecular formula is C17H22BrClN4O. The van der Waals surface area contributed by atoms with Gasteiger partial charge in [-0.05, 0) is 43.0 Å². The van der Waals surface area contributed by atoms with E-state index in [1.165, 1.54) is 0 Å². The molecule has 2 unspecified atom stereocenters. The van der Waals surface area contributed by atoms with Gasteiger partial charge in [0.2, 0.25) is 0 Å². The van der Waals surface area contributed by atoms with Crippen LogP contribution in [0.5, 0.6) is 0 Å². The summed E-state index contributed by atoms with van der Waals surface area (Å²) in [5.74, 6) is 0.591. The summed E-state index contributed by atoms with van der Waals surface area (Å²) in [5, 5.41) is 4.45. The Morgan fingerprint density at radius 2 is 2.21 bits per heavy atom. The maximum absolute atomic E-state index is 12.8. The van der Waals surface area contributed by atoms with Gasteiger partial charge in [0.15, 0.2) is 5.69 Å². The molecule has 24 heavy (non-hydrogen) atoms. The molecule has 0 bridgehead atoms. The Balaban J connectivity index is 0.00000208. The number of hydrogen-bond acceptors (Lipinski definition) is 3. The third-order valence-electron chi connectivity index (χ3n) is 4.39. The van der Waals surface area contributed by atoms with Crippen molar-refractivity contribution in [3.63, 3.8) is 0 Å². The van der Waals surface area contributed by atoms with Crippen LogP contribution in [0.15, 0.2) is 41.0 Å². The lowest BCUT2D eigenvalue weighted by Gasteiger charge is -2.37. The van der Waals surface area contributed by atoms with E-state index < -0.39 is 0 Å². The van der Waals surface area contributed by atoms with Crippen LogP contribution in [0.1, 0.15) is 30.3 Å². The second kappa shape index (κ2) is 8.14. The maximum atomic E-state index is 12.8. The van der Waals surface area contributed by atoms with Crippen LogP contribution in [0.3, 0.4) is 0 Å². The molecular weight excluding hydrogens is 392 g/mol. The Morgan fingerprint density at radius 3 is 2.92 bits per heavy atom. The Hall–Kier alpha value is -1.37. The number of nitrogens with two attached hydrogens (primary N) is 1. The summed E-state index contributed by atoms with van der Waals surface area (Å²) in [5.41, 5.74) is 7.25. The van der Waals surface area contributed by atoms with Gasteiger partial charge in [-0.15, -0.1) is 12.4 Å². The van der Waals surface area contributed by atoms with Gasteiger partial charge in [0, 0.05) is 29.8 Å². The average molecular weight is 414 g/mol. The standard InChI is InChI=1S/C17H21BrN4O.ClH/c1-12-5-7-21(15(9-12)11-19)17(23)16-6-8-22(20-16)14-4-2-3-13(18)10-14;/h2-4,6,8,10,12,15H,5,7,9,11,19H2,1H3;1H. The maximum Gasteiger partial charge on any atom is 0.274 e. The Morgan fingerprint density at radius 1 is 1.42 bits per heavy atom. The highest BCUT2D eigenvalue weighted by Crippen LogP contribution is 2.23. The van der Waals surface area contributed by atoms with E-state index in [1.807, 2.05) is 35.4 Å². The van der Waals surface area contributed by atoms with E-state index >= 15 is 0 Å². The molecule has 2 N–H and O–H groups in total. The van der Waals surface area contributed by atoms with Gasteiger partial charge < -0.3 is 10.6 Å². The number of aromatic nitrogens is 2. The summed E-state index contributed by atoms with van der Waals surface area (Å²) in [4.78, 5) is 14.7. The van der Waals surface area contributed by atoms with Crippen LogP contribution < -0.4 is 5.73 Å². The van der Waals surface area contributed by atoms with Crippen molar-refractivity contribution in [2.75, 3.05) is 13.1 Å². The fourth-order valence-electron chi connectivity index (χ4n) is 3.09. The quantitative estimate of drug-likeness (QED) is 0.840. The van der Waals surface area contributed by atoms with Crippen molar-refractivity contribution < 1.29 is 4.79 Å². The van der Waals surface area contributed by atoms with Gasteiger partial charge in [-0.1, -0.05) is 28.9 Å². The van der Waals surface area contributed by atoms with Crippen molar-refractivity contribution in [2.24, 2.45) is 11.7 Å². The predicted octanol–water partition coefficient (Wildman–Crippen LogP) is 3.26. The number of amides is 1. The zero-order chi connectivity index (χ0) is 16.4. The molecule has 7 heteroatoms. The fourth-order valence-corrected chi connectivity index (χ4v) is 3.48. The smallest absolute Gasteiger partial charge is 0.274 e. The first-order valence-electron chi connectivity index (χ1n) is 7.91. The van der Waals surface area contributed by atoms with Crippen LogP contribution in [0.25, 0.3) is 5.69 Å². The van der Waals surface area contributed by atoms with Gasteiger partial charge in [0.1, 0.15) is 0 Å². The van der Waals surface area contributed by atoms with Gasteiger partial charge in [-0.25, -0.2) is 4.68 Å².